The maximum Gasteiger partial charge on any atom is 0.228 e. The Hall–Kier alpha value is -1.91. The molecule has 3 heterocycles. The van der Waals surface area contributed by atoms with Gasteiger partial charge in [-0.1, -0.05) is 19.4 Å². The average Bonchev–Trinajstić information content (AvgIpc) is 3.07. The smallest absolute Gasteiger partial charge is 0.228 e. The summed E-state index contributed by atoms with van der Waals surface area (Å²) in [6.45, 7) is 4.82. The molecule has 0 bridgehead atoms. The number of hydrogen-bond donors (Lipinski definition) is 0. The quantitative estimate of drug-likeness (QED) is 0.831. The minimum absolute atomic E-state index is 0.00208. The summed E-state index contributed by atoms with van der Waals surface area (Å²) < 4.78 is 0. The molecule has 0 aliphatic carbocycles. The number of fused-ring (bicyclic) bond motifs is 1. The van der Waals surface area contributed by atoms with Crippen LogP contribution in [0.5, 0.6) is 0 Å². The largest absolute Gasteiger partial charge is 0.342 e. The van der Waals surface area contributed by atoms with Crippen molar-refractivity contribution in [1.82, 2.24) is 14.8 Å². The normalized spacial score (nSPS) is 24.0. The Bertz CT molecular complexity index is 546. The van der Waals surface area contributed by atoms with Gasteiger partial charge in [0, 0.05) is 50.9 Å². The molecule has 2 fully saturated rings. The van der Waals surface area contributed by atoms with Gasteiger partial charge in [-0.25, -0.2) is 0 Å². The summed E-state index contributed by atoms with van der Waals surface area (Å²) in [6.07, 6.45) is 6.13. The summed E-state index contributed by atoms with van der Waals surface area (Å²) in [5, 5.41) is 0. The molecule has 0 aromatic carbocycles. The van der Waals surface area contributed by atoms with Gasteiger partial charge in [0.1, 0.15) is 0 Å². The maximum atomic E-state index is 12.5. The Morgan fingerprint density at radius 2 is 2.23 bits per heavy atom. The maximum absolute atomic E-state index is 12.5. The summed E-state index contributed by atoms with van der Waals surface area (Å²) in [6, 6.07) is 3.89. The van der Waals surface area contributed by atoms with Gasteiger partial charge in [0.05, 0.1) is 5.92 Å². The molecule has 0 spiro atoms. The first kappa shape index (κ1) is 15.0. The number of hydrogen-bond acceptors (Lipinski definition) is 3. The SMILES string of the molecule is CCCCC(=O)N1C[C@@H]2CN(Cc3cccnc3)C(=O)[C@@H]2C1. The van der Waals surface area contributed by atoms with Crippen LogP contribution in [0.4, 0.5) is 0 Å². The fourth-order valence-corrected chi connectivity index (χ4v) is 3.49. The molecule has 2 amide bonds. The van der Waals surface area contributed by atoms with Crippen molar-refractivity contribution in [1.29, 1.82) is 0 Å². The Kier molecular flexibility index (Phi) is 4.41. The van der Waals surface area contributed by atoms with Gasteiger partial charge in [0.25, 0.3) is 0 Å². The second kappa shape index (κ2) is 6.46. The van der Waals surface area contributed by atoms with Crippen LogP contribution >= 0.6 is 0 Å². The van der Waals surface area contributed by atoms with E-state index in [0.29, 0.717) is 25.4 Å². The third-order valence-corrected chi connectivity index (χ3v) is 4.72. The first-order valence-corrected chi connectivity index (χ1v) is 8.14. The van der Waals surface area contributed by atoms with Crippen LogP contribution in [0, 0.1) is 11.8 Å². The molecule has 0 radical (unpaired) electrons. The van der Waals surface area contributed by atoms with Crippen LogP contribution in [-0.2, 0) is 16.1 Å². The molecule has 1 aromatic heterocycles. The van der Waals surface area contributed by atoms with Crippen molar-refractivity contribution < 1.29 is 9.59 Å². The molecular weight excluding hydrogens is 278 g/mol. The number of carbonyl (C=O) groups is 2. The van der Waals surface area contributed by atoms with Crippen LogP contribution in [-0.4, -0.2) is 46.2 Å². The molecule has 2 saturated heterocycles. The van der Waals surface area contributed by atoms with E-state index in [1.807, 2.05) is 28.1 Å². The molecule has 5 heteroatoms. The number of rotatable bonds is 5. The number of nitrogens with zero attached hydrogens (tertiary/aromatic N) is 3. The highest BCUT2D eigenvalue weighted by atomic mass is 16.2. The zero-order chi connectivity index (χ0) is 15.5. The highest BCUT2D eigenvalue weighted by Gasteiger charge is 2.46. The summed E-state index contributed by atoms with van der Waals surface area (Å²) in [5.74, 6) is 0.708. The predicted molar refractivity (Wildman–Crippen MR) is 82.7 cm³/mol. The molecule has 5 nitrogen and oxygen atoms in total. The van der Waals surface area contributed by atoms with E-state index in [4.69, 9.17) is 0 Å². The van der Waals surface area contributed by atoms with Gasteiger partial charge < -0.3 is 9.80 Å². The first-order chi connectivity index (χ1) is 10.7. The molecule has 0 unspecified atom stereocenters. The topological polar surface area (TPSA) is 53.5 Å². The molecule has 2 atom stereocenters. The minimum Gasteiger partial charge on any atom is -0.342 e. The highest BCUT2D eigenvalue weighted by Crippen LogP contribution is 2.33. The molecule has 2 aliphatic heterocycles. The van der Waals surface area contributed by atoms with E-state index in [2.05, 4.69) is 11.9 Å². The van der Waals surface area contributed by atoms with Gasteiger partial charge in [-0.15, -0.1) is 0 Å². The Morgan fingerprint density at radius 3 is 2.91 bits per heavy atom. The van der Waals surface area contributed by atoms with Crippen LogP contribution in [0.1, 0.15) is 31.7 Å². The van der Waals surface area contributed by atoms with Crippen LogP contribution in [0.3, 0.4) is 0 Å². The second-order valence-corrected chi connectivity index (χ2v) is 6.35. The first-order valence-electron chi connectivity index (χ1n) is 8.14. The summed E-state index contributed by atoms with van der Waals surface area (Å²) in [4.78, 5) is 32.6. The van der Waals surface area contributed by atoms with Crippen molar-refractivity contribution in [2.75, 3.05) is 19.6 Å². The summed E-state index contributed by atoms with van der Waals surface area (Å²) in [5.41, 5.74) is 1.06. The van der Waals surface area contributed by atoms with Gasteiger partial charge >= 0.3 is 0 Å². The van der Waals surface area contributed by atoms with Gasteiger partial charge in [-0.2, -0.15) is 0 Å². The predicted octanol–water partition coefficient (Wildman–Crippen LogP) is 1.69. The third kappa shape index (κ3) is 2.98. The lowest BCUT2D eigenvalue weighted by atomic mass is 10.0. The molecular formula is C17H23N3O2. The Labute approximate surface area is 131 Å². The second-order valence-electron chi connectivity index (χ2n) is 6.35. The fraction of sp³-hybridized carbons (Fsp3) is 0.588. The highest BCUT2D eigenvalue weighted by molar-refractivity contribution is 5.84. The number of amides is 2. The van der Waals surface area contributed by atoms with E-state index in [1.54, 1.807) is 6.20 Å². The Balaban J connectivity index is 1.57. The van der Waals surface area contributed by atoms with Gasteiger partial charge in [0.2, 0.25) is 11.8 Å². The zero-order valence-corrected chi connectivity index (χ0v) is 13.1. The lowest BCUT2D eigenvalue weighted by molar-refractivity contribution is -0.133. The third-order valence-electron chi connectivity index (χ3n) is 4.72. The fourth-order valence-electron chi connectivity index (χ4n) is 3.49. The zero-order valence-electron chi connectivity index (χ0n) is 13.1. The molecule has 2 aliphatic rings. The van der Waals surface area contributed by atoms with E-state index in [9.17, 15) is 9.59 Å². The average molecular weight is 301 g/mol. The van der Waals surface area contributed by atoms with Gasteiger partial charge in [-0.3, -0.25) is 14.6 Å². The number of unbranched alkanes of at least 4 members (excludes halogenated alkanes) is 1. The molecule has 1 aromatic rings. The lowest BCUT2D eigenvalue weighted by Gasteiger charge is -2.22. The van der Waals surface area contributed by atoms with Crippen LogP contribution in [0.25, 0.3) is 0 Å². The molecule has 3 rings (SSSR count). The monoisotopic (exact) mass is 301 g/mol. The standard InChI is InChI=1S/C17H23N3O2/c1-2-3-6-16(21)19-10-14-11-20(17(22)15(14)12-19)9-13-5-4-7-18-8-13/h4-5,7-8,14-15H,2-3,6,9-12H2,1H3/t14-,15-/m1/s1. The van der Waals surface area contributed by atoms with Crippen molar-refractivity contribution in [3.05, 3.63) is 30.1 Å². The van der Waals surface area contributed by atoms with E-state index in [1.165, 1.54) is 0 Å². The summed E-state index contributed by atoms with van der Waals surface area (Å²) >= 11 is 0. The van der Waals surface area contributed by atoms with E-state index < -0.39 is 0 Å². The number of likely N-dealkylation sites (tertiary alicyclic amines) is 2. The van der Waals surface area contributed by atoms with Gasteiger partial charge in [0.15, 0.2) is 0 Å². The molecule has 0 N–H and O–H groups in total. The summed E-state index contributed by atoms with van der Waals surface area (Å²) in [7, 11) is 0. The van der Waals surface area contributed by atoms with E-state index in [-0.39, 0.29) is 17.7 Å². The number of aromatic nitrogens is 1. The Morgan fingerprint density at radius 1 is 1.36 bits per heavy atom. The van der Waals surface area contributed by atoms with Crippen molar-refractivity contribution >= 4 is 11.8 Å². The molecule has 118 valence electrons. The van der Waals surface area contributed by atoms with Crippen molar-refractivity contribution in [3.8, 4) is 0 Å². The number of carbonyl (C=O) groups excluding carboxylic acids is 2. The minimum atomic E-state index is 0.00208. The van der Waals surface area contributed by atoms with Crippen LogP contribution in [0.15, 0.2) is 24.5 Å². The lowest BCUT2D eigenvalue weighted by Crippen LogP contribution is -2.35. The van der Waals surface area contributed by atoms with Crippen molar-refractivity contribution in [2.45, 2.75) is 32.7 Å². The van der Waals surface area contributed by atoms with Crippen molar-refractivity contribution in [3.63, 3.8) is 0 Å². The van der Waals surface area contributed by atoms with Crippen LogP contribution < -0.4 is 0 Å². The van der Waals surface area contributed by atoms with E-state index >= 15 is 0 Å². The molecule has 22 heavy (non-hydrogen) atoms. The van der Waals surface area contributed by atoms with Crippen LogP contribution in [0.2, 0.25) is 0 Å². The molecule has 0 saturated carbocycles. The number of pyridine rings is 1. The van der Waals surface area contributed by atoms with Crippen molar-refractivity contribution in [2.24, 2.45) is 11.8 Å². The van der Waals surface area contributed by atoms with Gasteiger partial charge in [-0.05, 0) is 18.1 Å². The van der Waals surface area contributed by atoms with E-state index in [0.717, 1.165) is 31.5 Å².